The molecule has 1 aromatic rings. The Balaban J connectivity index is 0.000000807. The van der Waals surface area contributed by atoms with Crippen molar-refractivity contribution in [1.82, 2.24) is 0 Å². The van der Waals surface area contributed by atoms with Gasteiger partial charge >= 0.3 is 5.97 Å². The number of aliphatic hydroxyl groups excluding tert-OH is 1. The molecule has 174 valence electrons. The third-order valence-corrected chi connectivity index (χ3v) is 5.39. The smallest absolute Gasteiger partial charge is 0.379 e. The van der Waals surface area contributed by atoms with Crippen molar-refractivity contribution >= 4 is 11.5 Å². The van der Waals surface area contributed by atoms with Crippen LogP contribution in [0.4, 0.5) is 0 Å². The molecule has 2 atom stereocenters. The Bertz CT molecular complexity index is 824. The Kier molecular flexibility index (Phi) is 8.41. The van der Waals surface area contributed by atoms with E-state index in [0.29, 0.717) is 41.2 Å². The van der Waals surface area contributed by atoms with E-state index in [1.807, 2.05) is 55.4 Å². The molecule has 0 fully saturated rings. The molecule has 0 aliphatic carbocycles. The van der Waals surface area contributed by atoms with Gasteiger partial charge in [-0.1, -0.05) is 41.0 Å². The molecule has 6 heteroatoms. The van der Waals surface area contributed by atoms with Crippen LogP contribution in [0.5, 0.6) is 17.2 Å². The average Bonchev–Trinajstić information content (AvgIpc) is 2.89. The van der Waals surface area contributed by atoms with Gasteiger partial charge < -0.3 is 14.6 Å². The highest BCUT2D eigenvalue weighted by molar-refractivity contribution is 5.95. The monoisotopic (exact) mass is 434 g/mol. The lowest BCUT2D eigenvalue weighted by atomic mass is 9.84. The van der Waals surface area contributed by atoms with Crippen LogP contribution in [-0.4, -0.2) is 22.8 Å². The number of fused-ring (bicyclic) bond motifs is 6. The number of hydrogen-bond donors (Lipinski definition) is 1. The molecule has 1 N–H and O–H groups in total. The van der Waals surface area contributed by atoms with Crippen LogP contribution in [0, 0.1) is 0 Å². The van der Waals surface area contributed by atoms with Crippen molar-refractivity contribution in [3.63, 3.8) is 0 Å². The third-order valence-electron chi connectivity index (χ3n) is 5.39. The molecule has 4 rings (SSSR count). The third kappa shape index (κ3) is 5.00. The molecular weight excluding hydrogens is 396 g/mol. The van der Waals surface area contributed by atoms with Gasteiger partial charge in [-0.15, -0.1) is 0 Å². The van der Waals surface area contributed by atoms with Gasteiger partial charge in [0.05, 0.1) is 23.3 Å². The van der Waals surface area contributed by atoms with Gasteiger partial charge in [-0.3, -0.25) is 4.89 Å². The summed E-state index contributed by atoms with van der Waals surface area (Å²) < 4.78 is 12.5. The van der Waals surface area contributed by atoms with Crippen LogP contribution in [0.25, 0.3) is 5.57 Å². The fourth-order valence-electron chi connectivity index (χ4n) is 4.14. The molecule has 0 amide bonds. The molecule has 3 aliphatic heterocycles. The Morgan fingerprint density at radius 2 is 1.77 bits per heavy atom. The van der Waals surface area contributed by atoms with Gasteiger partial charge in [0.2, 0.25) is 0 Å². The van der Waals surface area contributed by atoms with Crippen molar-refractivity contribution in [3.8, 4) is 17.2 Å². The predicted molar refractivity (Wildman–Crippen MR) is 121 cm³/mol. The number of allylic oxidation sites excluding steroid dienone is 1. The standard InChI is InChI=1S/C21H26O6.2C2H6/c1-5-6-12-10-15(23)26-27-20-16(12)19-13(7-8-21(3,4)25-19)18-17(20)14(22)9-11(2)24-18;2*1-2/h10-11,14,22H,5-9H2,1-4H3;2*1-2H3. The molecule has 0 bridgehead atoms. The maximum absolute atomic E-state index is 12.1. The molecule has 3 aliphatic rings. The van der Waals surface area contributed by atoms with Crippen molar-refractivity contribution in [2.75, 3.05) is 0 Å². The summed E-state index contributed by atoms with van der Waals surface area (Å²) in [5.74, 6) is 1.07. The molecule has 31 heavy (non-hydrogen) atoms. The summed E-state index contributed by atoms with van der Waals surface area (Å²) in [5.41, 5.74) is 2.66. The quantitative estimate of drug-likeness (QED) is 0.569. The summed E-state index contributed by atoms with van der Waals surface area (Å²) in [6.45, 7) is 16.1. The van der Waals surface area contributed by atoms with Crippen LogP contribution in [-0.2, 0) is 16.1 Å². The molecule has 0 spiro atoms. The molecule has 0 saturated heterocycles. The first kappa shape index (κ1) is 25.1. The first-order chi connectivity index (χ1) is 14.8. The summed E-state index contributed by atoms with van der Waals surface area (Å²) in [5, 5.41) is 10.8. The maximum Gasteiger partial charge on any atom is 0.379 e. The first-order valence-corrected chi connectivity index (χ1v) is 11.7. The molecule has 0 radical (unpaired) electrons. The van der Waals surface area contributed by atoms with Crippen LogP contribution in [0.15, 0.2) is 6.08 Å². The van der Waals surface area contributed by atoms with Gasteiger partial charge in [-0.25, -0.2) is 9.68 Å². The lowest BCUT2D eigenvalue weighted by molar-refractivity contribution is -0.207. The Morgan fingerprint density at radius 3 is 2.42 bits per heavy atom. The van der Waals surface area contributed by atoms with E-state index in [2.05, 4.69) is 0 Å². The zero-order chi connectivity index (χ0) is 23.3. The fourth-order valence-corrected chi connectivity index (χ4v) is 4.14. The van der Waals surface area contributed by atoms with E-state index in [1.165, 1.54) is 6.08 Å². The van der Waals surface area contributed by atoms with Crippen LogP contribution in [0.3, 0.4) is 0 Å². The fraction of sp³-hybridized carbons (Fsp3) is 0.640. The minimum Gasteiger partial charge on any atom is -0.490 e. The highest BCUT2D eigenvalue weighted by Crippen LogP contribution is 2.55. The second-order valence-electron chi connectivity index (χ2n) is 8.20. The minimum absolute atomic E-state index is 0.122. The SMILES string of the molecule is CC.CC.CCCC1=CC(=O)OOc2c1c1c(c3c2C(O)CC(C)O3)CCC(C)(C)O1. The van der Waals surface area contributed by atoms with E-state index in [4.69, 9.17) is 19.2 Å². The number of rotatable bonds is 2. The number of carbonyl (C=O) groups excluding carboxylic acids is 1. The first-order valence-electron chi connectivity index (χ1n) is 11.7. The van der Waals surface area contributed by atoms with Gasteiger partial charge in [0.1, 0.15) is 17.1 Å². The van der Waals surface area contributed by atoms with Crippen LogP contribution < -0.4 is 14.4 Å². The summed E-state index contributed by atoms with van der Waals surface area (Å²) in [6.07, 6.45) is 4.17. The largest absolute Gasteiger partial charge is 0.490 e. The van der Waals surface area contributed by atoms with Crippen molar-refractivity contribution < 1.29 is 29.1 Å². The van der Waals surface area contributed by atoms with Crippen LogP contribution in [0.2, 0.25) is 0 Å². The molecule has 6 nitrogen and oxygen atoms in total. The van der Waals surface area contributed by atoms with E-state index in [1.54, 1.807) is 0 Å². The van der Waals surface area contributed by atoms with Crippen LogP contribution in [0.1, 0.15) is 104 Å². The topological polar surface area (TPSA) is 74.2 Å². The normalized spacial score (nSPS) is 22.5. The average molecular weight is 435 g/mol. The Labute approximate surface area is 186 Å². The van der Waals surface area contributed by atoms with Crippen molar-refractivity contribution in [2.24, 2.45) is 0 Å². The second-order valence-corrected chi connectivity index (χ2v) is 8.20. The highest BCUT2D eigenvalue weighted by Gasteiger charge is 2.41. The van der Waals surface area contributed by atoms with Gasteiger partial charge in [0.25, 0.3) is 0 Å². The van der Waals surface area contributed by atoms with Crippen molar-refractivity contribution in [3.05, 3.63) is 22.8 Å². The summed E-state index contributed by atoms with van der Waals surface area (Å²) in [6, 6.07) is 0. The number of benzene rings is 1. The minimum atomic E-state index is -0.752. The van der Waals surface area contributed by atoms with Crippen LogP contribution >= 0.6 is 0 Å². The van der Waals surface area contributed by atoms with Gasteiger partial charge in [0, 0.05) is 18.1 Å². The Hall–Kier alpha value is -2.21. The van der Waals surface area contributed by atoms with E-state index < -0.39 is 12.1 Å². The highest BCUT2D eigenvalue weighted by atomic mass is 17.2. The van der Waals surface area contributed by atoms with E-state index in [0.717, 1.165) is 30.4 Å². The molecule has 0 aromatic heterocycles. The second kappa shape index (κ2) is 10.4. The van der Waals surface area contributed by atoms with Gasteiger partial charge in [-0.05, 0) is 45.6 Å². The number of ether oxygens (including phenoxy) is 2. The molecule has 0 saturated carbocycles. The zero-order valence-corrected chi connectivity index (χ0v) is 20.3. The Morgan fingerprint density at radius 1 is 1.10 bits per heavy atom. The maximum atomic E-state index is 12.1. The summed E-state index contributed by atoms with van der Waals surface area (Å²) in [4.78, 5) is 22.5. The number of aliphatic hydroxyl groups is 1. The predicted octanol–water partition coefficient (Wildman–Crippen LogP) is 6.08. The lowest BCUT2D eigenvalue weighted by Gasteiger charge is -2.38. The lowest BCUT2D eigenvalue weighted by Crippen LogP contribution is -2.34. The number of hydrogen-bond acceptors (Lipinski definition) is 6. The van der Waals surface area contributed by atoms with Crippen molar-refractivity contribution in [1.29, 1.82) is 0 Å². The molecule has 3 heterocycles. The van der Waals surface area contributed by atoms with E-state index in [-0.39, 0.29) is 11.7 Å². The van der Waals surface area contributed by atoms with Crippen molar-refractivity contribution in [2.45, 2.75) is 105 Å². The van der Waals surface area contributed by atoms with Gasteiger partial charge in [-0.2, -0.15) is 0 Å². The number of carbonyl (C=O) groups is 1. The van der Waals surface area contributed by atoms with E-state index in [9.17, 15) is 9.90 Å². The zero-order valence-electron chi connectivity index (χ0n) is 20.3. The summed E-state index contributed by atoms with van der Waals surface area (Å²) >= 11 is 0. The molecular formula is C25H38O6. The molecule has 2 unspecified atom stereocenters. The summed E-state index contributed by atoms with van der Waals surface area (Å²) in [7, 11) is 0. The molecule has 1 aromatic carbocycles. The van der Waals surface area contributed by atoms with E-state index >= 15 is 0 Å². The van der Waals surface area contributed by atoms with Gasteiger partial charge in [0.15, 0.2) is 5.75 Å².